The van der Waals surface area contributed by atoms with Crippen LogP contribution in [-0.2, 0) is 0 Å². The molecule has 0 amide bonds. The number of unbranched alkanes of at least 4 members (excludes halogenated alkanes) is 2. The summed E-state index contributed by atoms with van der Waals surface area (Å²) in [7, 11) is 1.71. The van der Waals surface area contributed by atoms with Gasteiger partial charge >= 0.3 is 0 Å². The van der Waals surface area contributed by atoms with E-state index < -0.39 is 0 Å². The van der Waals surface area contributed by atoms with E-state index in [2.05, 4.69) is 64.9 Å². The first-order chi connectivity index (χ1) is 13.4. The van der Waals surface area contributed by atoms with Crippen molar-refractivity contribution < 1.29 is 0 Å². The molecule has 0 saturated heterocycles. The summed E-state index contributed by atoms with van der Waals surface area (Å²) in [5.41, 5.74) is 3.12. The maximum absolute atomic E-state index is 8.90. The topological polar surface area (TPSA) is 27.0 Å². The van der Waals surface area contributed by atoms with Crippen LogP contribution in [0.2, 0.25) is 0 Å². The molecule has 2 nitrogen and oxygen atoms in total. The van der Waals surface area contributed by atoms with Crippen molar-refractivity contribution in [3.8, 4) is 6.19 Å². The third kappa shape index (κ3) is 11.4. The van der Waals surface area contributed by atoms with Crippen LogP contribution in [-0.4, -0.2) is 11.9 Å². The van der Waals surface area contributed by atoms with Crippen molar-refractivity contribution in [3.05, 3.63) is 73.0 Å². The lowest BCUT2D eigenvalue weighted by atomic mass is 9.88. The van der Waals surface area contributed by atoms with Crippen LogP contribution >= 0.6 is 0 Å². The van der Waals surface area contributed by atoms with Crippen LogP contribution in [0, 0.1) is 23.3 Å². The van der Waals surface area contributed by atoms with Crippen LogP contribution in [0.3, 0.4) is 0 Å². The maximum Gasteiger partial charge on any atom is 0.183 e. The van der Waals surface area contributed by atoms with Crippen LogP contribution in [0.15, 0.2) is 73.0 Å². The van der Waals surface area contributed by atoms with E-state index in [1.54, 1.807) is 19.3 Å². The predicted molar refractivity (Wildman–Crippen MR) is 125 cm³/mol. The Morgan fingerprint density at radius 3 is 2.43 bits per heavy atom. The van der Waals surface area contributed by atoms with Gasteiger partial charge in [0.1, 0.15) is 0 Å². The van der Waals surface area contributed by atoms with E-state index >= 15 is 0 Å². The molecule has 0 fully saturated rings. The van der Waals surface area contributed by atoms with Crippen LogP contribution in [0.5, 0.6) is 0 Å². The van der Waals surface area contributed by atoms with Gasteiger partial charge in [-0.2, -0.15) is 5.26 Å². The van der Waals surface area contributed by atoms with E-state index in [0.717, 1.165) is 29.9 Å². The van der Waals surface area contributed by atoms with Gasteiger partial charge < -0.3 is 0 Å². The Kier molecular flexibility index (Phi) is 14.5. The maximum atomic E-state index is 8.90. The standard InChI is InChI=1S/C26H40N2/c1-8-24(9-2)15-13-12-14-16-25(10-3)19-22(5)17-18-23(6)26(11-4)20-28(7)21-27/h8,11,15,17-18,20,22,25H,1,4,6,9-10,12-14,16,19H2,2-3,5,7H3/b18-17-,24-15+,26-20+/t22-,25?/m0/s1. The zero-order valence-electron chi connectivity index (χ0n) is 18.6. The third-order valence-corrected chi connectivity index (χ3v) is 5.13. The second-order valence-electron chi connectivity index (χ2n) is 7.49. The minimum atomic E-state index is 0.508. The molecule has 2 atom stereocenters. The quantitative estimate of drug-likeness (QED) is 0.126. The molecule has 28 heavy (non-hydrogen) atoms. The SMILES string of the molecule is C=C/C(=C\CCCCC(CC)C[C@@H](C)/C=C\C(=C)/C(C=C)=C/N(C)C#N)CC. The molecule has 1 unspecified atom stereocenters. The van der Waals surface area contributed by atoms with Gasteiger partial charge in [-0.1, -0.05) is 95.7 Å². The highest BCUT2D eigenvalue weighted by molar-refractivity contribution is 5.43. The van der Waals surface area contributed by atoms with Crippen molar-refractivity contribution in [2.45, 2.75) is 65.7 Å². The summed E-state index contributed by atoms with van der Waals surface area (Å²) in [5.74, 6) is 1.27. The first kappa shape index (κ1) is 25.7. The molecule has 0 radical (unpaired) electrons. The molecular weight excluding hydrogens is 340 g/mol. The van der Waals surface area contributed by atoms with Gasteiger partial charge in [-0.05, 0) is 48.7 Å². The summed E-state index contributed by atoms with van der Waals surface area (Å²) >= 11 is 0. The van der Waals surface area contributed by atoms with Gasteiger partial charge in [0.15, 0.2) is 6.19 Å². The van der Waals surface area contributed by atoms with E-state index in [1.165, 1.54) is 42.6 Å². The first-order valence-corrected chi connectivity index (χ1v) is 10.6. The van der Waals surface area contributed by atoms with Gasteiger partial charge in [0.2, 0.25) is 0 Å². The molecule has 0 rings (SSSR count). The van der Waals surface area contributed by atoms with Gasteiger partial charge in [0.25, 0.3) is 0 Å². The Balaban J connectivity index is 4.49. The summed E-state index contributed by atoms with van der Waals surface area (Å²) < 4.78 is 0. The molecule has 0 aromatic heterocycles. The first-order valence-electron chi connectivity index (χ1n) is 10.6. The molecule has 0 N–H and O–H groups in total. The fourth-order valence-electron chi connectivity index (χ4n) is 3.21. The van der Waals surface area contributed by atoms with Crippen LogP contribution < -0.4 is 0 Å². The lowest BCUT2D eigenvalue weighted by Gasteiger charge is -2.17. The fourth-order valence-corrected chi connectivity index (χ4v) is 3.21. The molecule has 0 aromatic rings. The summed E-state index contributed by atoms with van der Waals surface area (Å²) in [4.78, 5) is 1.46. The predicted octanol–water partition coefficient (Wildman–Crippen LogP) is 7.72. The molecule has 0 aliphatic heterocycles. The zero-order chi connectivity index (χ0) is 21.4. The Morgan fingerprint density at radius 1 is 1.18 bits per heavy atom. The van der Waals surface area contributed by atoms with Crippen molar-refractivity contribution in [1.29, 1.82) is 5.26 Å². The number of rotatable bonds is 15. The van der Waals surface area contributed by atoms with Gasteiger partial charge in [0.05, 0.1) is 0 Å². The van der Waals surface area contributed by atoms with E-state index in [1.807, 2.05) is 6.08 Å². The Labute approximate surface area is 174 Å². The van der Waals surface area contributed by atoms with E-state index in [0.29, 0.717) is 5.92 Å². The molecule has 0 aromatic carbocycles. The molecular formula is C26H40N2. The lowest BCUT2D eigenvalue weighted by Crippen LogP contribution is -2.05. The third-order valence-electron chi connectivity index (χ3n) is 5.13. The summed E-state index contributed by atoms with van der Waals surface area (Å²) in [6.07, 6.45) is 22.7. The summed E-state index contributed by atoms with van der Waals surface area (Å²) in [6.45, 7) is 18.5. The van der Waals surface area contributed by atoms with Gasteiger partial charge in [-0.15, -0.1) is 0 Å². The highest BCUT2D eigenvalue weighted by Gasteiger charge is 2.10. The van der Waals surface area contributed by atoms with Gasteiger partial charge in [-0.3, -0.25) is 4.90 Å². The van der Waals surface area contributed by atoms with Crippen molar-refractivity contribution >= 4 is 0 Å². The number of hydrogen-bond acceptors (Lipinski definition) is 2. The Hall–Kier alpha value is -2.27. The Bertz CT molecular complexity index is 613. The normalized spacial score (nSPS) is 14.4. The fraction of sp³-hybridized carbons (Fsp3) is 0.500. The molecule has 0 heterocycles. The van der Waals surface area contributed by atoms with Gasteiger partial charge in [0, 0.05) is 13.2 Å². The summed E-state index contributed by atoms with van der Waals surface area (Å²) in [5, 5.41) is 8.90. The number of nitrogens with zero attached hydrogens (tertiary/aromatic N) is 2. The van der Waals surface area contributed by atoms with Crippen molar-refractivity contribution in [2.24, 2.45) is 11.8 Å². The molecule has 0 aliphatic rings. The molecule has 2 heteroatoms. The highest BCUT2D eigenvalue weighted by Crippen LogP contribution is 2.24. The number of allylic oxidation sites excluding steroid dienone is 8. The number of nitriles is 1. The van der Waals surface area contributed by atoms with Crippen LogP contribution in [0.25, 0.3) is 0 Å². The monoisotopic (exact) mass is 380 g/mol. The van der Waals surface area contributed by atoms with Gasteiger partial charge in [-0.25, -0.2) is 0 Å². The molecule has 0 spiro atoms. The second-order valence-corrected chi connectivity index (χ2v) is 7.49. The second kappa shape index (κ2) is 15.8. The minimum Gasteiger partial charge on any atom is -0.289 e. The van der Waals surface area contributed by atoms with Crippen molar-refractivity contribution in [3.63, 3.8) is 0 Å². The average molecular weight is 381 g/mol. The minimum absolute atomic E-state index is 0.508. The smallest absolute Gasteiger partial charge is 0.183 e. The molecule has 0 saturated carbocycles. The number of hydrogen-bond donors (Lipinski definition) is 0. The molecule has 0 aliphatic carbocycles. The Morgan fingerprint density at radius 2 is 1.89 bits per heavy atom. The summed E-state index contributed by atoms with van der Waals surface area (Å²) in [6, 6.07) is 0. The average Bonchev–Trinajstić information content (AvgIpc) is 2.71. The van der Waals surface area contributed by atoms with Crippen molar-refractivity contribution in [1.82, 2.24) is 4.90 Å². The largest absolute Gasteiger partial charge is 0.289 e. The van der Waals surface area contributed by atoms with Crippen LogP contribution in [0.1, 0.15) is 65.7 Å². The molecule has 154 valence electrons. The van der Waals surface area contributed by atoms with Crippen LogP contribution in [0.4, 0.5) is 0 Å². The van der Waals surface area contributed by atoms with E-state index in [9.17, 15) is 0 Å². The molecule has 0 bridgehead atoms. The van der Waals surface area contributed by atoms with Crippen molar-refractivity contribution in [2.75, 3.05) is 7.05 Å². The lowest BCUT2D eigenvalue weighted by molar-refractivity contribution is 0.381. The highest BCUT2D eigenvalue weighted by atomic mass is 15.1. The van der Waals surface area contributed by atoms with E-state index in [-0.39, 0.29) is 0 Å². The van der Waals surface area contributed by atoms with E-state index in [4.69, 9.17) is 5.26 Å². The zero-order valence-corrected chi connectivity index (χ0v) is 18.6.